The number of aliphatic hydroxyl groups excluding tert-OH is 1. The number of hydrogen-bond donors (Lipinski definition) is 3. The first-order chi connectivity index (χ1) is 7.87. The molecule has 1 fully saturated rings. The van der Waals surface area contributed by atoms with Crippen molar-refractivity contribution in [1.29, 1.82) is 0 Å². The van der Waals surface area contributed by atoms with E-state index in [4.69, 9.17) is 10.8 Å². The van der Waals surface area contributed by atoms with Gasteiger partial charge < -0.3 is 15.9 Å². The molecule has 0 spiro atoms. The SMILES string of the molecule is NCCCCC(C(=O)O)C1CS(=O)(=O)CC1O. The van der Waals surface area contributed by atoms with Gasteiger partial charge in [-0.2, -0.15) is 0 Å². The fourth-order valence-corrected chi connectivity index (χ4v) is 4.21. The van der Waals surface area contributed by atoms with Crippen LogP contribution < -0.4 is 5.73 Å². The monoisotopic (exact) mass is 265 g/mol. The highest BCUT2D eigenvalue weighted by Crippen LogP contribution is 2.30. The fourth-order valence-electron chi connectivity index (χ4n) is 2.27. The van der Waals surface area contributed by atoms with Crippen LogP contribution in [-0.2, 0) is 14.6 Å². The van der Waals surface area contributed by atoms with Crippen LogP contribution in [0.1, 0.15) is 19.3 Å². The average molecular weight is 265 g/mol. The summed E-state index contributed by atoms with van der Waals surface area (Å²) in [6, 6.07) is 0. The molecule has 4 N–H and O–H groups in total. The van der Waals surface area contributed by atoms with Crippen LogP contribution in [-0.4, -0.2) is 48.8 Å². The molecular formula is C10H19NO5S. The predicted molar refractivity (Wildman–Crippen MR) is 62.2 cm³/mol. The largest absolute Gasteiger partial charge is 0.481 e. The summed E-state index contributed by atoms with van der Waals surface area (Å²) in [5.74, 6) is -3.07. The van der Waals surface area contributed by atoms with Crippen molar-refractivity contribution in [2.24, 2.45) is 17.6 Å². The van der Waals surface area contributed by atoms with Gasteiger partial charge in [-0.25, -0.2) is 8.42 Å². The molecule has 1 aliphatic heterocycles. The van der Waals surface area contributed by atoms with E-state index in [-0.39, 0.29) is 11.5 Å². The summed E-state index contributed by atoms with van der Waals surface area (Å²) in [4.78, 5) is 11.1. The molecule has 0 saturated carbocycles. The van der Waals surface area contributed by atoms with Crippen LogP contribution in [0.3, 0.4) is 0 Å². The lowest BCUT2D eigenvalue weighted by Gasteiger charge is -2.21. The van der Waals surface area contributed by atoms with Crippen molar-refractivity contribution in [3.63, 3.8) is 0 Å². The van der Waals surface area contributed by atoms with Gasteiger partial charge in [0.2, 0.25) is 0 Å². The molecule has 0 aliphatic carbocycles. The van der Waals surface area contributed by atoms with Crippen molar-refractivity contribution in [1.82, 2.24) is 0 Å². The molecular weight excluding hydrogens is 246 g/mol. The molecule has 0 aromatic rings. The zero-order valence-corrected chi connectivity index (χ0v) is 10.4. The first-order valence-corrected chi connectivity index (χ1v) is 7.51. The van der Waals surface area contributed by atoms with E-state index in [0.717, 1.165) is 0 Å². The van der Waals surface area contributed by atoms with Gasteiger partial charge in [0.15, 0.2) is 9.84 Å². The van der Waals surface area contributed by atoms with Crippen LogP contribution in [0.25, 0.3) is 0 Å². The van der Waals surface area contributed by atoms with Gasteiger partial charge in [0.05, 0.1) is 23.5 Å². The van der Waals surface area contributed by atoms with Crippen LogP contribution in [0.5, 0.6) is 0 Å². The Hall–Kier alpha value is -0.660. The van der Waals surface area contributed by atoms with E-state index in [1.807, 2.05) is 0 Å². The molecule has 17 heavy (non-hydrogen) atoms. The molecule has 100 valence electrons. The van der Waals surface area contributed by atoms with Gasteiger partial charge in [-0.1, -0.05) is 6.42 Å². The van der Waals surface area contributed by atoms with E-state index >= 15 is 0 Å². The molecule has 0 aromatic carbocycles. The number of unbranched alkanes of at least 4 members (excludes halogenated alkanes) is 1. The zero-order valence-electron chi connectivity index (χ0n) is 9.58. The van der Waals surface area contributed by atoms with Crippen LogP contribution in [0.2, 0.25) is 0 Å². The molecule has 0 bridgehead atoms. The Labute approximate surface area is 101 Å². The Morgan fingerprint density at radius 1 is 1.35 bits per heavy atom. The number of nitrogens with two attached hydrogens (primary N) is 1. The first kappa shape index (κ1) is 14.4. The van der Waals surface area contributed by atoms with E-state index in [1.165, 1.54) is 0 Å². The van der Waals surface area contributed by atoms with E-state index in [9.17, 15) is 18.3 Å². The molecule has 0 aromatic heterocycles. The predicted octanol–water partition coefficient (Wildman–Crippen LogP) is -0.778. The Bertz CT molecular complexity index is 367. The molecule has 6 nitrogen and oxygen atoms in total. The lowest BCUT2D eigenvalue weighted by molar-refractivity contribution is -0.145. The van der Waals surface area contributed by atoms with Crippen molar-refractivity contribution in [3.05, 3.63) is 0 Å². The summed E-state index contributed by atoms with van der Waals surface area (Å²) in [5.41, 5.74) is 5.32. The molecule has 1 heterocycles. The lowest BCUT2D eigenvalue weighted by Crippen LogP contribution is -2.32. The highest BCUT2D eigenvalue weighted by molar-refractivity contribution is 7.91. The highest BCUT2D eigenvalue weighted by atomic mass is 32.2. The summed E-state index contributed by atoms with van der Waals surface area (Å²) >= 11 is 0. The molecule has 0 radical (unpaired) electrons. The minimum absolute atomic E-state index is 0.228. The van der Waals surface area contributed by atoms with E-state index < -0.39 is 33.7 Å². The lowest BCUT2D eigenvalue weighted by atomic mass is 9.86. The van der Waals surface area contributed by atoms with Crippen molar-refractivity contribution < 1.29 is 23.4 Å². The zero-order chi connectivity index (χ0) is 13.1. The Morgan fingerprint density at radius 3 is 2.41 bits per heavy atom. The number of carboxylic acid groups (broad SMARTS) is 1. The second kappa shape index (κ2) is 5.79. The second-order valence-corrected chi connectivity index (χ2v) is 6.69. The maximum atomic E-state index is 11.3. The highest BCUT2D eigenvalue weighted by Gasteiger charge is 2.43. The van der Waals surface area contributed by atoms with Crippen molar-refractivity contribution in [3.8, 4) is 0 Å². The van der Waals surface area contributed by atoms with Crippen molar-refractivity contribution >= 4 is 15.8 Å². The number of carboxylic acids is 1. The molecule has 3 unspecified atom stereocenters. The van der Waals surface area contributed by atoms with E-state index in [2.05, 4.69) is 0 Å². The molecule has 1 saturated heterocycles. The number of rotatable bonds is 6. The van der Waals surface area contributed by atoms with Crippen LogP contribution >= 0.6 is 0 Å². The van der Waals surface area contributed by atoms with Gasteiger partial charge in [0.25, 0.3) is 0 Å². The molecule has 0 amide bonds. The van der Waals surface area contributed by atoms with Gasteiger partial charge in [-0.05, 0) is 19.4 Å². The summed E-state index contributed by atoms with van der Waals surface area (Å²) in [5, 5.41) is 18.7. The maximum Gasteiger partial charge on any atom is 0.306 e. The third kappa shape index (κ3) is 3.93. The van der Waals surface area contributed by atoms with Gasteiger partial charge in [0.1, 0.15) is 0 Å². The Morgan fingerprint density at radius 2 is 2.00 bits per heavy atom. The third-order valence-electron chi connectivity index (χ3n) is 3.17. The number of sulfone groups is 1. The van der Waals surface area contributed by atoms with E-state index in [1.54, 1.807) is 0 Å². The number of aliphatic hydroxyl groups is 1. The maximum absolute atomic E-state index is 11.3. The molecule has 3 atom stereocenters. The van der Waals surface area contributed by atoms with Crippen molar-refractivity contribution in [2.75, 3.05) is 18.1 Å². The molecule has 1 rings (SSSR count). The van der Waals surface area contributed by atoms with Gasteiger partial charge in [-0.15, -0.1) is 0 Å². The summed E-state index contributed by atoms with van der Waals surface area (Å²) < 4.78 is 22.7. The number of aliphatic carboxylic acids is 1. The minimum Gasteiger partial charge on any atom is -0.481 e. The first-order valence-electron chi connectivity index (χ1n) is 5.68. The minimum atomic E-state index is -3.29. The Kier molecular flexibility index (Phi) is 4.91. The fraction of sp³-hybridized carbons (Fsp3) is 0.900. The number of hydrogen-bond acceptors (Lipinski definition) is 5. The van der Waals surface area contributed by atoms with Crippen LogP contribution in [0.4, 0.5) is 0 Å². The normalized spacial score (nSPS) is 29.1. The van der Waals surface area contributed by atoms with Crippen LogP contribution in [0.15, 0.2) is 0 Å². The van der Waals surface area contributed by atoms with Gasteiger partial charge >= 0.3 is 5.97 Å². The van der Waals surface area contributed by atoms with E-state index in [0.29, 0.717) is 25.8 Å². The van der Waals surface area contributed by atoms with Crippen molar-refractivity contribution in [2.45, 2.75) is 25.4 Å². The average Bonchev–Trinajstić information content (AvgIpc) is 2.46. The summed E-state index contributed by atoms with van der Waals surface area (Å²) in [6.07, 6.45) is 0.652. The Balaban J connectivity index is 2.68. The topological polar surface area (TPSA) is 118 Å². The van der Waals surface area contributed by atoms with Gasteiger partial charge in [0, 0.05) is 5.92 Å². The quantitative estimate of drug-likeness (QED) is 0.542. The van der Waals surface area contributed by atoms with Gasteiger partial charge in [-0.3, -0.25) is 4.79 Å². The van der Waals surface area contributed by atoms with Crippen LogP contribution in [0, 0.1) is 11.8 Å². The molecule has 1 aliphatic rings. The summed E-state index contributed by atoms with van der Waals surface area (Å²) in [7, 11) is -3.29. The third-order valence-corrected chi connectivity index (χ3v) is 4.91. The standard InChI is InChI=1S/C10H19NO5S/c11-4-2-1-3-7(10(13)14)8-5-17(15,16)6-9(8)12/h7-9,12H,1-6,11H2,(H,13,14). The smallest absolute Gasteiger partial charge is 0.306 e. The number of carbonyl (C=O) groups is 1. The molecule has 7 heteroatoms. The second-order valence-electron chi connectivity index (χ2n) is 4.54. The summed E-state index contributed by atoms with van der Waals surface area (Å²) in [6.45, 7) is 0.484.